The van der Waals surface area contributed by atoms with Crippen LogP contribution in [-0.2, 0) is 4.74 Å². The summed E-state index contributed by atoms with van der Waals surface area (Å²) in [5.74, 6) is -0.654. The third-order valence-electron chi connectivity index (χ3n) is 3.13. The van der Waals surface area contributed by atoms with E-state index in [-0.39, 0.29) is 18.1 Å². The Labute approximate surface area is 105 Å². The molecule has 1 saturated heterocycles. The monoisotopic (exact) mass is 252 g/mol. The molecule has 1 aliphatic heterocycles. The van der Waals surface area contributed by atoms with E-state index in [9.17, 15) is 15.0 Å². The number of pyridine rings is 1. The molecule has 1 aromatic rings. The summed E-state index contributed by atoms with van der Waals surface area (Å²) in [7, 11) is 0. The fourth-order valence-corrected chi connectivity index (χ4v) is 1.96. The minimum absolute atomic E-state index is 0.0307. The van der Waals surface area contributed by atoms with Crippen molar-refractivity contribution < 1.29 is 19.7 Å². The third kappa shape index (κ3) is 2.60. The third-order valence-corrected chi connectivity index (χ3v) is 3.13. The van der Waals surface area contributed by atoms with Gasteiger partial charge >= 0.3 is 0 Å². The van der Waals surface area contributed by atoms with Gasteiger partial charge in [0.1, 0.15) is 5.75 Å². The number of nitrogens with zero attached hydrogens (tertiary/aromatic N) is 1. The molecule has 3 N–H and O–H groups in total. The van der Waals surface area contributed by atoms with Crippen LogP contribution in [0.2, 0.25) is 0 Å². The molecular formula is C12H16N2O4. The Kier molecular flexibility index (Phi) is 3.78. The minimum atomic E-state index is -0.681. The number of nitrogens with one attached hydrogen (secondary N) is 1. The molecule has 6 heteroatoms. The number of carbonyl (C=O) groups excluding carboxylic acids is 1. The van der Waals surface area contributed by atoms with Crippen molar-refractivity contribution in [1.82, 2.24) is 10.3 Å². The molecule has 0 bridgehead atoms. The van der Waals surface area contributed by atoms with Crippen molar-refractivity contribution in [1.29, 1.82) is 0 Å². The molecule has 2 rings (SSSR count). The molecular weight excluding hydrogens is 236 g/mol. The van der Waals surface area contributed by atoms with E-state index in [1.807, 2.05) is 0 Å². The van der Waals surface area contributed by atoms with Gasteiger partial charge in [-0.15, -0.1) is 0 Å². The van der Waals surface area contributed by atoms with E-state index in [1.165, 1.54) is 12.3 Å². The molecule has 0 aliphatic carbocycles. The SMILES string of the molecule is O=C(NC1(CO)CCOCC1)c1ncccc1O. The smallest absolute Gasteiger partial charge is 0.274 e. The van der Waals surface area contributed by atoms with Crippen molar-refractivity contribution in [2.24, 2.45) is 0 Å². The van der Waals surface area contributed by atoms with Gasteiger partial charge in [0.15, 0.2) is 5.69 Å². The van der Waals surface area contributed by atoms with Crippen LogP contribution in [0.3, 0.4) is 0 Å². The maximum atomic E-state index is 12.0. The van der Waals surface area contributed by atoms with Gasteiger partial charge in [0.25, 0.3) is 5.91 Å². The maximum absolute atomic E-state index is 12.0. The highest BCUT2D eigenvalue weighted by atomic mass is 16.5. The van der Waals surface area contributed by atoms with Gasteiger partial charge in [-0.05, 0) is 25.0 Å². The number of aliphatic hydroxyl groups is 1. The lowest BCUT2D eigenvalue weighted by Gasteiger charge is -2.36. The number of aliphatic hydroxyl groups excluding tert-OH is 1. The molecule has 0 saturated carbocycles. The molecule has 1 fully saturated rings. The van der Waals surface area contributed by atoms with Gasteiger partial charge in [-0.3, -0.25) is 4.79 Å². The van der Waals surface area contributed by atoms with Crippen molar-refractivity contribution in [3.8, 4) is 5.75 Å². The van der Waals surface area contributed by atoms with Gasteiger partial charge in [0, 0.05) is 19.4 Å². The first kappa shape index (κ1) is 12.8. The number of ether oxygens (including phenoxy) is 1. The van der Waals surface area contributed by atoms with Gasteiger partial charge in [-0.2, -0.15) is 0 Å². The van der Waals surface area contributed by atoms with Crippen molar-refractivity contribution in [2.75, 3.05) is 19.8 Å². The van der Waals surface area contributed by atoms with Crippen LogP contribution in [0.5, 0.6) is 5.75 Å². The maximum Gasteiger partial charge on any atom is 0.274 e. The standard InChI is InChI=1S/C12H16N2O4/c15-8-12(3-6-18-7-4-12)14-11(17)10-9(16)2-1-5-13-10/h1-2,5,15-16H,3-4,6-8H2,(H,14,17). The van der Waals surface area contributed by atoms with E-state index in [4.69, 9.17) is 4.74 Å². The quantitative estimate of drug-likeness (QED) is 0.707. The van der Waals surface area contributed by atoms with Crippen LogP contribution in [0.25, 0.3) is 0 Å². The molecule has 0 aromatic carbocycles. The zero-order chi connectivity index (χ0) is 13.0. The van der Waals surface area contributed by atoms with Crippen LogP contribution < -0.4 is 5.32 Å². The Morgan fingerprint density at radius 3 is 2.83 bits per heavy atom. The van der Waals surface area contributed by atoms with E-state index in [1.54, 1.807) is 6.07 Å². The Morgan fingerprint density at radius 2 is 2.22 bits per heavy atom. The Hall–Kier alpha value is -1.66. The van der Waals surface area contributed by atoms with Crippen LogP contribution in [0, 0.1) is 0 Å². The summed E-state index contributed by atoms with van der Waals surface area (Å²) in [4.78, 5) is 15.8. The summed E-state index contributed by atoms with van der Waals surface area (Å²) < 4.78 is 5.21. The number of rotatable bonds is 3. The predicted octanol–water partition coefficient (Wildman–Crippen LogP) is 0.0585. The van der Waals surface area contributed by atoms with Crippen molar-refractivity contribution in [3.63, 3.8) is 0 Å². The topological polar surface area (TPSA) is 91.7 Å². The summed E-state index contributed by atoms with van der Waals surface area (Å²) in [6.45, 7) is 0.833. The summed E-state index contributed by atoms with van der Waals surface area (Å²) in [5, 5.41) is 21.8. The zero-order valence-corrected chi connectivity index (χ0v) is 9.93. The summed E-state index contributed by atoms with van der Waals surface area (Å²) in [6.07, 6.45) is 2.52. The van der Waals surface area contributed by atoms with Gasteiger partial charge in [-0.25, -0.2) is 4.98 Å². The molecule has 6 nitrogen and oxygen atoms in total. The second-order valence-electron chi connectivity index (χ2n) is 4.38. The number of hydrogen-bond donors (Lipinski definition) is 3. The minimum Gasteiger partial charge on any atom is -0.505 e. The lowest BCUT2D eigenvalue weighted by atomic mass is 9.91. The molecule has 1 aliphatic rings. The second kappa shape index (κ2) is 5.32. The van der Waals surface area contributed by atoms with Crippen LogP contribution >= 0.6 is 0 Å². The highest BCUT2D eigenvalue weighted by Crippen LogP contribution is 2.21. The lowest BCUT2D eigenvalue weighted by Crippen LogP contribution is -2.54. The number of amides is 1. The second-order valence-corrected chi connectivity index (χ2v) is 4.38. The van der Waals surface area contributed by atoms with Crippen LogP contribution in [0.1, 0.15) is 23.3 Å². The predicted molar refractivity (Wildman–Crippen MR) is 63.2 cm³/mol. The molecule has 18 heavy (non-hydrogen) atoms. The van der Waals surface area contributed by atoms with E-state index in [2.05, 4.69) is 10.3 Å². The molecule has 0 unspecified atom stereocenters. The molecule has 98 valence electrons. The molecule has 0 atom stereocenters. The van der Waals surface area contributed by atoms with Crippen LogP contribution in [0.4, 0.5) is 0 Å². The molecule has 1 amide bonds. The first-order valence-corrected chi connectivity index (χ1v) is 5.82. The summed E-state index contributed by atoms with van der Waals surface area (Å²) >= 11 is 0. The fraction of sp³-hybridized carbons (Fsp3) is 0.500. The zero-order valence-electron chi connectivity index (χ0n) is 9.93. The van der Waals surface area contributed by atoms with Gasteiger partial charge < -0.3 is 20.3 Å². The molecule has 1 aromatic heterocycles. The first-order chi connectivity index (χ1) is 8.67. The molecule has 2 heterocycles. The van der Waals surface area contributed by atoms with E-state index >= 15 is 0 Å². The fourth-order valence-electron chi connectivity index (χ4n) is 1.96. The normalized spacial score (nSPS) is 18.3. The van der Waals surface area contributed by atoms with Gasteiger partial charge in [-0.1, -0.05) is 0 Å². The Morgan fingerprint density at radius 1 is 1.50 bits per heavy atom. The molecule has 0 spiro atoms. The largest absolute Gasteiger partial charge is 0.505 e. The Bertz CT molecular complexity index is 430. The van der Waals surface area contributed by atoms with E-state index in [0.717, 1.165) is 0 Å². The average molecular weight is 252 g/mol. The highest BCUT2D eigenvalue weighted by molar-refractivity contribution is 5.95. The average Bonchev–Trinajstić information content (AvgIpc) is 2.40. The highest BCUT2D eigenvalue weighted by Gasteiger charge is 2.34. The molecule has 0 radical (unpaired) electrons. The van der Waals surface area contributed by atoms with Crippen molar-refractivity contribution >= 4 is 5.91 Å². The number of aromatic nitrogens is 1. The Balaban J connectivity index is 2.13. The summed E-state index contributed by atoms with van der Waals surface area (Å²) in [6, 6.07) is 2.94. The van der Waals surface area contributed by atoms with E-state index in [0.29, 0.717) is 26.1 Å². The van der Waals surface area contributed by atoms with Crippen LogP contribution in [0.15, 0.2) is 18.3 Å². The van der Waals surface area contributed by atoms with Gasteiger partial charge in [0.05, 0.1) is 12.1 Å². The number of carbonyl (C=O) groups is 1. The van der Waals surface area contributed by atoms with Crippen molar-refractivity contribution in [3.05, 3.63) is 24.0 Å². The van der Waals surface area contributed by atoms with E-state index < -0.39 is 11.4 Å². The summed E-state index contributed by atoms with van der Waals surface area (Å²) in [5.41, 5.74) is -0.712. The van der Waals surface area contributed by atoms with Crippen LogP contribution in [-0.4, -0.2) is 46.5 Å². The van der Waals surface area contributed by atoms with Gasteiger partial charge in [0.2, 0.25) is 0 Å². The van der Waals surface area contributed by atoms with Crippen molar-refractivity contribution in [2.45, 2.75) is 18.4 Å². The lowest BCUT2D eigenvalue weighted by molar-refractivity contribution is 0.0124. The number of hydrogen-bond acceptors (Lipinski definition) is 5. The number of aromatic hydroxyl groups is 1. The first-order valence-electron chi connectivity index (χ1n) is 5.82.